The minimum Gasteiger partial charge on any atom is -0.329 e. The van der Waals surface area contributed by atoms with E-state index in [1.807, 2.05) is 35.3 Å². The lowest BCUT2D eigenvalue weighted by atomic mass is 10.2. The van der Waals surface area contributed by atoms with Gasteiger partial charge in [0.2, 0.25) is 17.0 Å². The second kappa shape index (κ2) is 5.28. The largest absolute Gasteiger partial charge is 0.335 e. The van der Waals surface area contributed by atoms with Crippen molar-refractivity contribution in [1.29, 1.82) is 0 Å². The molecule has 3 heterocycles. The molecule has 23 heavy (non-hydrogen) atoms. The summed E-state index contributed by atoms with van der Waals surface area (Å²) in [7, 11) is 6.25. The molecule has 5 heteroatoms. The molecule has 0 radical (unpaired) electrons. The highest BCUT2D eigenvalue weighted by Gasteiger charge is 2.28. The Hall–Kier alpha value is -2.53. The summed E-state index contributed by atoms with van der Waals surface area (Å²) in [6.07, 6.45) is 3.81. The highest BCUT2D eigenvalue weighted by molar-refractivity contribution is 7.21. The van der Waals surface area contributed by atoms with E-state index in [1.165, 1.54) is 20.9 Å². The second-order valence-electron chi connectivity index (χ2n) is 5.65. The van der Waals surface area contributed by atoms with Gasteiger partial charge in [0.1, 0.15) is 18.8 Å². The predicted octanol–water partition coefficient (Wildman–Crippen LogP) is 2.62. The topological polar surface area (TPSA) is 25.6 Å². The van der Waals surface area contributed by atoms with Crippen LogP contribution in [0.1, 0.15) is 0 Å². The van der Waals surface area contributed by atoms with E-state index in [-0.39, 0.29) is 0 Å². The number of aryl methyl sites for hydroxylation is 2. The van der Waals surface area contributed by atoms with Crippen LogP contribution in [0.25, 0.3) is 32.4 Å². The van der Waals surface area contributed by atoms with Gasteiger partial charge < -0.3 is 4.57 Å². The molecule has 0 saturated heterocycles. The fourth-order valence-corrected chi connectivity index (χ4v) is 4.17. The van der Waals surface area contributed by atoms with Gasteiger partial charge in [-0.2, -0.15) is 9.13 Å². The molecule has 4 nitrogen and oxygen atoms in total. The molecule has 1 aromatic carbocycles. The maximum absolute atomic E-state index is 4.49. The van der Waals surface area contributed by atoms with Gasteiger partial charge >= 0.3 is 5.01 Å². The van der Waals surface area contributed by atoms with E-state index in [2.05, 4.69) is 70.7 Å². The van der Waals surface area contributed by atoms with Crippen molar-refractivity contribution in [2.24, 2.45) is 21.1 Å². The van der Waals surface area contributed by atoms with Crippen LogP contribution in [-0.4, -0.2) is 9.55 Å². The smallest absolute Gasteiger partial charge is 0.329 e. The van der Waals surface area contributed by atoms with Gasteiger partial charge in [0.05, 0.1) is 0 Å². The van der Waals surface area contributed by atoms with Crippen LogP contribution in [0.3, 0.4) is 0 Å². The number of aromatic nitrogens is 4. The first-order chi connectivity index (χ1) is 11.2. The molecule has 0 unspecified atom stereocenters. The molecule has 0 spiro atoms. The van der Waals surface area contributed by atoms with Crippen LogP contribution in [0.2, 0.25) is 0 Å². The van der Waals surface area contributed by atoms with Gasteiger partial charge in [-0.3, -0.25) is 0 Å². The van der Waals surface area contributed by atoms with Crippen molar-refractivity contribution in [3.63, 3.8) is 0 Å². The standard InChI is InChI=1S/C18H18N4S/c1-20-12-11-19-17(20)14-8-6-9-15(21(14)2)18-22(3)13-7-4-5-10-16(13)23-18/h4-12H,1-3H3/q+2. The summed E-state index contributed by atoms with van der Waals surface area (Å²) in [5.41, 5.74) is 3.55. The third-order valence-electron chi connectivity index (χ3n) is 4.24. The zero-order valence-corrected chi connectivity index (χ0v) is 14.2. The molecule has 0 atom stereocenters. The quantitative estimate of drug-likeness (QED) is 0.521. The Morgan fingerprint density at radius 2 is 1.74 bits per heavy atom. The maximum atomic E-state index is 4.49. The number of fused-ring (bicyclic) bond motifs is 1. The first-order valence-corrected chi connectivity index (χ1v) is 8.33. The minimum atomic E-state index is 0.970. The van der Waals surface area contributed by atoms with Gasteiger partial charge in [-0.25, -0.2) is 4.98 Å². The molecule has 0 N–H and O–H groups in total. The molecule has 0 amide bonds. The molecule has 114 valence electrons. The lowest BCUT2D eigenvalue weighted by Gasteiger charge is -2.02. The fraction of sp³-hybridized carbons (Fsp3) is 0.167. The molecular formula is C18H18N4S+2. The Kier molecular flexibility index (Phi) is 3.23. The van der Waals surface area contributed by atoms with E-state index in [0.29, 0.717) is 0 Å². The van der Waals surface area contributed by atoms with Crippen molar-refractivity contribution in [3.8, 4) is 22.2 Å². The van der Waals surface area contributed by atoms with E-state index < -0.39 is 0 Å². The normalized spacial score (nSPS) is 11.3. The Labute approximate surface area is 138 Å². The first kappa shape index (κ1) is 14.1. The van der Waals surface area contributed by atoms with Gasteiger partial charge in [0.15, 0.2) is 0 Å². The van der Waals surface area contributed by atoms with E-state index in [0.717, 1.165) is 11.5 Å². The number of imidazole rings is 1. The molecule has 0 aliphatic carbocycles. The van der Waals surface area contributed by atoms with Crippen molar-refractivity contribution in [3.05, 3.63) is 54.9 Å². The van der Waals surface area contributed by atoms with Crippen LogP contribution >= 0.6 is 11.3 Å². The summed E-state index contributed by atoms with van der Waals surface area (Å²) in [5, 5.41) is 1.24. The number of nitrogens with zero attached hydrogens (tertiary/aromatic N) is 4. The zero-order chi connectivity index (χ0) is 16.0. The summed E-state index contributed by atoms with van der Waals surface area (Å²) in [6, 6.07) is 14.9. The number of benzene rings is 1. The van der Waals surface area contributed by atoms with E-state index >= 15 is 0 Å². The molecule has 0 bridgehead atoms. The van der Waals surface area contributed by atoms with Gasteiger partial charge in [-0.1, -0.05) is 23.5 Å². The van der Waals surface area contributed by atoms with Crippen molar-refractivity contribution in [1.82, 2.24) is 9.55 Å². The Morgan fingerprint density at radius 3 is 2.48 bits per heavy atom. The van der Waals surface area contributed by atoms with Crippen molar-refractivity contribution in [2.45, 2.75) is 0 Å². The van der Waals surface area contributed by atoms with Crippen LogP contribution in [0.4, 0.5) is 0 Å². The summed E-state index contributed by atoms with van der Waals surface area (Å²) in [6.45, 7) is 0. The van der Waals surface area contributed by atoms with Gasteiger partial charge in [0.25, 0.3) is 5.69 Å². The summed E-state index contributed by atoms with van der Waals surface area (Å²) in [4.78, 5) is 4.49. The van der Waals surface area contributed by atoms with Crippen molar-refractivity contribution < 1.29 is 9.13 Å². The Bertz CT molecular complexity index is 1010. The molecule has 0 saturated carbocycles. The van der Waals surface area contributed by atoms with Crippen molar-refractivity contribution in [2.75, 3.05) is 0 Å². The molecule has 4 rings (SSSR count). The Balaban J connectivity index is 1.96. The summed E-state index contributed by atoms with van der Waals surface area (Å²) >= 11 is 1.82. The number of pyridine rings is 1. The van der Waals surface area contributed by atoms with Gasteiger partial charge in [-0.05, 0) is 12.1 Å². The highest BCUT2D eigenvalue weighted by Crippen LogP contribution is 2.27. The first-order valence-electron chi connectivity index (χ1n) is 7.51. The second-order valence-corrected chi connectivity index (χ2v) is 6.68. The number of para-hydroxylation sites is 1. The monoisotopic (exact) mass is 322 g/mol. The average molecular weight is 322 g/mol. The number of hydrogen-bond acceptors (Lipinski definition) is 2. The van der Waals surface area contributed by atoms with E-state index in [4.69, 9.17) is 0 Å². The fourth-order valence-electron chi connectivity index (χ4n) is 2.96. The molecular weight excluding hydrogens is 304 g/mol. The zero-order valence-electron chi connectivity index (χ0n) is 13.4. The maximum Gasteiger partial charge on any atom is 0.335 e. The minimum absolute atomic E-state index is 0.970. The summed E-state index contributed by atoms with van der Waals surface area (Å²) < 4.78 is 7.82. The third-order valence-corrected chi connectivity index (χ3v) is 5.48. The van der Waals surface area contributed by atoms with Gasteiger partial charge in [-0.15, -0.1) is 0 Å². The van der Waals surface area contributed by atoms with Gasteiger partial charge in [0, 0.05) is 37.6 Å². The average Bonchev–Trinajstić information content (AvgIpc) is 3.12. The molecule has 3 aromatic heterocycles. The molecule has 0 fully saturated rings. The lowest BCUT2D eigenvalue weighted by molar-refractivity contribution is -0.670. The Morgan fingerprint density at radius 1 is 0.957 bits per heavy atom. The SMILES string of the molecule is Cn1ccnc1-c1cccc(-c2sc3ccccc3[n+]2C)[n+]1C. The number of thiazole rings is 1. The number of hydrogen-bond donors (Lipinski definition) is 0. The number of rotatable bonds is 2. The molecule has 0 aliphatic heterocycles. The lowest BCUT2D eigenvalue weighted by Crippen LogP contribution is -2.39. The summed E-state index contributed by atoms with van der Waals surface area (Å²) in [5.74, 6) is 0.970. The molecule has 4 aromatic rings. The predicted molar refractivity (Wildman–Crippen MR) is 91.8 cm³/mol. The molecule has 0 aliphatic rings. The van der Waals surface area contributed by atoms with E-state index in [1.54, 1.807) is 0 Å². The van der Waals surface area contributed by atoms with E-state index in [9.17, 15) is 0 Å². The van der Waals surface area contributed by atoms with Crippen molar-refractivity contribution >= 4 is 21.6 Å². The van der Waals surface area contributed by atoms with Crippen LogP contribution in [-0.2, 0) is 21.1 Å². The van der Waals surface area contributed by atoms with Crippen LogP contribution in [0.5, 0.6) is 0 Å². The van der Waals surface area contributed by atoms with Crippen LogP contribution in [0, 0.1) is 0 Å². The van der Waals surface area contributed by atoms with Crippen LogP contribution < -0.4 is 9.13 Å². The van der Waals surface area contributed by atoms with Crippen LogP contribution in [0.15, 0.2) is 54.9 Å². The highest BCUT2D eigenvalue weighted by atomic mass is 32.1. The third kappa shape index (κ3) is 2.16.